The number of anilines is 1. The summed E-state index contributed by atoms with van der Waals surface area (Å²) in [6, 6.07) is 3.72. The molecule has 1 N–H and O–H groups in total. The molecule has 1 saturated heterocycles. The van der Waals surface area contributed by atoms with E-state index in [2.05, 4.69) is 10.3 Å². The van der Waals surface area contributed by atoms with E-state index >= 15 is 0 Å². The Morgan fingerprint density at radius 3 is 2.77 bits per heavy atom. The van der Waals surface area contributed by atoms with Crippen molar-refractivity contribution in [3.05, 3.63) is 44.7 Å². The zero-order valence-corrected chi connectivity index (χ0v) is 16.5. The topological polar surface area (TPSA) is 66.7 Å². The third-order valence-corrected chi connectivity index (χ3v) is 5.32. The fraction of sp³-hybridized carbons (Fsp3) is 0.333. The molecule has 0 bridgehead atoms. The molecule has 8 heteroatoms. The van der Waals surface area contributed by atoms with Crippen molar-refractivity contribution in [2.45, 2.75) is 27.2 Å². The number of hydrogen-bond acceptors (Lipinski definition) is 6. The second-order valence-electron chi connectivity index (χ2n) is 5.98. The summed E-state index contributed by atoms with van der Waals surface area (Å²) in [5.41, 5.74) is 1.67. The van der Waals surface area contributed by atoms with Crippen LogP contribution in [0.2, 0.25) is 0 Å². The number of aryl methyl sites for hydroxylation is 1. The molecule has 3 heterocycles. The Hall–Kier alpha value is -2.19. The Kier molecular flexibility index (Phi) is 5.43. The fourth-order valence-corrected chi connectivity index (χ4v) is 4.03. The summed E-state index contributed by atoms with van der Waals surface area (Å²) in [6.07, 6.45) is 4.18. The van der Waals surface area contributed by atoms with Crippen LogP contribution < -0.4 is 10.9 Å². The average Bonchev–Trinajstić information content (AvgIpc) is 2.87. The van der Waals surface area contributed by atoms with Crippen molar-refractivity contribution in [1.29, 1.82) is 0 Å². The Morgan fingerprint density at radius 1 is 1.31 bits per heavy atom. The van der Waals surface area contributed by atoms with Crippen LogP contribution in [0.1, 0.15) is 31.4 Å². The van der Waals surface area contributed by atoms with Crippen LogP contribution in [0, 0.1) is 6.92 Å². The van der Waals surface area contributed by atoms with Crippen LogP contribution in [-0.2, 0) is 4.79 Å². The van der Waals surface area contributed by atoms with E-state index < -0.39 is 0 Å². The van der Waals surface area contributed by atoms with Crippen LogP contribution in [0.15, 0.2) is 28.0 Å². The molecule has 0 aromatic carbocycles. The maximum Gasteiger partial charge on any atom is 0.267 e. The molecule has 0 aliphatic carbocycles. The van der Waals surface area contributed by atoms with E-state index in [1.54, 1.807) is 17.2 Å². The molecule has 1 aliphatic heterocycles. The summed E-state index contributed by atoms with van der Waals surface area (Å²) < 4.78 is 2.03. The number of pyridine rings is 1. The van der Waals surface area contributed by atoms with E-state index in [0.717, 1.165) is 12.0 Å². The molecule has 2 aromatic heterocycles. The first-order chi connectivity index (χ1) is 12.5. The van der Waals surface area contributed by atoms with Crippen LogP contribution in [0.25, 0.3) is 11.7 Å². The van der Waals surface area contributed by atoms with Crippen molar-refractivity contribution in [1.82, 2.24) is 14.3 Å². The molecule has 0 spiro atoms. The SMILES string of the molecule is CCCN1C(=O)/C(=C\c2c(NCC)nc3ccc(C)cn3c2=O)SC1=S. The van der Waals surface area contributed by atoms with Gasteiger partial charge in [0.1, 0.15) is 15.8 Å². The summed E-state index contributed by atoms with van der Waals surface area (Å²) in [5.74, 6) is 0.320. The van der Waals surface area contributed by atoms with Gasteiger partial charge in [-0.25, -0.2) is 4.98 Å². The van der Waals surface area contributed by atoms with Crippen molar-refractivity contribution < 1.29 is 4.79 Å². The van der Waals surface area contributed by atoms with Gasteiger partial charge >= 0.3 is 0 Å². The van der Waals surface area contributed by atoms with E-state index in [-0.39, 0.29) is 11.5 Å². The Labute approximate surface area is 161 Å². The first-order valence-electron chi connectivity index (χ1n) is 8.48. The highest BCUT2D eigenvalue weighted by Crippen LogP contribution is 2.33. The number of amides is 1. The molecule has 26 heavy (non-hydrogen) atoms. The van der Waals surface area contributed by atoms with Gasteiger partial charge in [0.2, 0.25) is 0 Å². The molecule has 6 nitrogen and oxygen atoms in total. The number of carbonyl (C=O) groups excluding carboxylic acids is 1. The third-order valence-electron chi connectivity index (χ3n) is 3.95. The average molecular weight is 389 g/mol. The van der Waals surface area contributed by atoms with Crippen LogP contribution in [-0.4, -0.2) is 37.6 Å². The second-order valence-corrected chi connectivity index (χ2v) is 7.65. The van der Waals surface area contributed by atoms with Gasteiger partial charge in [-0.2, -0.15) is 0 Å². The molecule has 0 saturated carbocycles. The second kappa shape index (κ2) is 7.59. The lowest BCUT2D eigenvalue weighted by Gasteiger charge is -2.12. The van der Waals surface area contributed by atoms with Crippen molar-refractivity contribution in [3.8, 4) is 0 Å². The molecule has 1 fully saturated rings. The molecule has 1 amide bonds. The summed E-state index contributed by atoms with van der Waals surface area (Å²) in [7, 11) is 0. The molecule has 0 atom stereocenters. The van der Waals surface area contributed by atoms with E-state index in [1.165, 1.54) is 16.2 Å². The van der Waals surface area contributed by atoms with Gasteiger partial charge in [0, 0.05) is 19.3 Å². The predicted octanol–water partition coefficient (Wildman–Crippen LogP) is 3.05. The number of carbonyl (C=O) groups is 1. The van der Waals surface area contributed by atoms with Crippen LogP contribution in [0.3, 0.4) is 0 Å². The van der Waals surface area contributed by atoms with Gasteiger partial charge in [-0.3, -0.25) is 18.9 Å². The Bertz CT molecular complexity index is 981. The highest BCUT2D eigenvalue weighted by Gasteiger charge is 2.31. The molecule has 136 valence electrons. The van der Waals surface area contributed by atoms with Gasteiger partial charge in [0.25, 0.3) is 11.5 Å². The van der Waals surface area contributed by atoms with Crippen LogP contribution in [0.4, 0.5) is 5.82 Å². The summed E-state index contributed by atoms with van der Waals surface area (Å²) in [6.45, 7) is 7.04. The monoisotopic (exact) mass is 388 g/mol. The smallest absolute Gasteiger partial charge is 0.267 e. The number of thioether (sulfide) groups is 1. The Morgan fingerprint density at radius 2 is 2.08 bits per heavy atom. The number of rotatable bonds is 5. The van der Waals surface area contributed by atoms with Gasteiger partial charge in [-0.15, -0.1) is 0 Å². The van der Waals surface area contributed by atoms with Crippen molar-refractivity contribution in [3.63, 3.8) is 0 Å². The third kappa shape index (κ3) is 3.39. The summed E-state index contributed by atoms with van der Waals surface area (Å²) >= 11 is 6.53. The largest absolute Gasteiger partial charge is 0.370 e. The van der Waals surface area contributed by atoms with E-state index in [0.29, 0.717) is 39.3 Å². The van der Waals surface area contributed by atoms with Gasteiger partial charge in [-0.1, -0.05) is 37.0 Å². The number of hydrogen-bond donors (Lipinski definition) is 1. The lowest BCUT2D eigenvalue weighted by molar-refractivity contribution is -0.122. The Balaban J connectivity index is 2.16. The molecule has 1 aliphatic rings. The van der Waals surface area contributed by atoms with Gasteiger partial charge < -0.3 is 5.32 Å². The van der Waals surface area contributed by atoms with Crippen LogP contribution >= 0.6 is 24.0 Å². The van der Waals surface area contributed by atoms with Crippen LogP contribution in [0.5, 0.6) is 0 Å². The molecular weight excluding hydrogens is 368 g/mol. The van der Waals surface area contributed by atoms with E-state index in [9.17, 15) is 9.59 Å². The van der Waals surface area contributed by atoms with E-state index in [1.807, 2.05) is 32.9 Å². The quantitative estimate of drug-likeness (QED) is 0.627. The zero-order valence-electron chi connectivity index (χ0n) is 14.9. The minimum absolute atomic E-state index is 0.155. The summed E-state index contributed by atoms with van der Waals surface area (Å²) in [5, 5.41) is 3.12. The predicted molar refractivity (Wildman–Crippen MR) is 111 cm³/mol. The van der Waals surface area contributed by atoms with E-state index in [4.69, 9.17) is 12.2 Å². The number of nitrogens with one attached hydrogen (secondary N) is 1. The van der Waals surface area contributed by atoms with Crippen molar-refractivity contribution >= 4 is 51.7 Å². The zero-order chi connectivity index (χ0) is 18.8. The normalized spacial score (nSPS) is 16.1. The van der Waals surface area contributed by atoms with Gasteiger partial charge in [0.15, 0.2) is 0 Å². The first-order valence-corrected chi connectivity index (χ1v) is 9.71. The van der Waals surface area contributed by atoms with Gasteiger partial charge in [0.05, 0.1) is 10.5 Å². The molecule has 0 radical (unpaired) electrons. The van der Waals surface area contributed by atoms with Crippen molar-refractivity contribution in [2.75, 3.05) is 18.4 Å². The fourth-order valence-electron chi connectivity index (χ4n) is 2.74. The standard InChI is InChI=1S/C18H20N4O2S2/c1-4-8-21-17(24)13(26-18(21)25)9-12-15(19-5-2)20-14-7-6-11(3)10-22(14)16(12)23/h6-7,9-10,19H,4-5,8H2,1-3H3/b13-9+. The molecule has 2 aromatic rings. The highest BCUT2D eigenvalue weighted by molar-refractivity contribution is 8.26. The minimum atomic E-state index is -0.213. The molecule has 0 unspecified atom stereocenters. The number of fused-ring (bicyclic) bond motifs is 1. The molecular formula is C18H20N4O2S2. The number of nitrogens with zero attached hydrogens (tertiary/aromatic N) is 3. The number of thiocarbonyl (C=S) groups is 1. The highest BCUT2D eigenvalue weighted by atomic mass is 32.2. The number of aromatic nitrogens is 2. The summed E-state index contributed by atoms with van der Waals surface area (Å²) in [4.78, 5) is 32.2. The maximum absolute atomic E-state index is 13.0. The van der Waals surface area contributed by atoms with Gasteiger partial charge in [-0.05, 0) is 38.0 Å². The molecule has 3 rings (SSSR count). The minimum Gasteiger partial charge on any atom is -0.370 e. The first kappa shape index (κ1) is 18.6. The van der Waals surface area contributed by atoms with Crippen molar-refractivity contribution in [2.24, 2.45) is 0 Å². The lowest BCUT2D eigenvalue weighted by Crippen LogP contribution is -2.28. The maximum atomic E-state index is 13.0. The lowest BCUT2D eigenvalue weighted by atomic mass is 10.2.